The SMILES string of the molecule is CC[C@@]1(C)Cc2c(sc3nc(SCC(=O)NCCc4ccccc4)nc(N)c23)CO1. The summed E-state index contributed by atoms with van der Waals surface area (Å²) in [7, 11) is 0. The molecule has 0 saturated heterocycles. The second-order valence-electron chi connectivity index (χ2n) is 7.72. The van der Waals surface area contributed by atoms with Gasteiger partial charge in [0.2, 0.25) is 5.91 Å². The van der Waals surface area contributed by atoms with Crippen LogP contribution in [0.5, 0.6) is 0 Å². The van der Waals surface area contributed by atoms with Crippen molar-refractivity contribution in [3.05, 3.63) is 46.3 Å². The highest BCUT2D eigenvalue weighted by atomic mass is 32.2. The molecule has 3 aromatic rings. The fraction of sp³-hybridized carbons (Fsp3) is 0.409. The van der Waals surface area contributed by atoms with Crippen LogP contribution in [0.4, 0.5) is 5.82 Å². The fourth-order valence-corrected chi connectivity index (χ4v) is 5.39. The molecule has 1 aromatic carbocycles. The van der Waals surface area contributed by atoms with Crippen molar-refractivity contribution in [3.63, 3.8) is 0 Å². The number of thioether (sulfide) groups is 1. The average molecular weight is 443 g/mol. The molecule has 6 nitrogen and oxygen atoms in total. The van der Waals surface area contributed by atoms with E-state index in [0.29, 0.717) is 24.1 Å². The zero-order chi connectivity index (χ0) is 21.1. The lowest BCUT2D eigenvalue weighted by Crippen LogP contribution is -2.33. The molecule has 0 aliphatic carbocycles. The van der Waals surface area contributed by atoms with E-state index in [-0.39, 0.29) is 17.3 Å². The largest absolute Gasteiger partial charge is 0.383 e. The number of ether oxygens (including phenoxy) is 1. The van der Waals surface area contributed by atoms with Gasteiger partial charge in [0.05, 0.1) is 23.3 Å². The number of nitrogens with two attached hydrogens (primary N) is 1. The first-order chi connectivity index (χ1) is 14.5. The van der Waals surface area contributed by atoms with Crippen molar-refractivity contribution in [2.45, 2.75) is 50.5 Å². The molecule has 158 valence electrons. The van der Waals surface area contributed by atoms with Crippen LogP contribution in [0.25, 0.3) is 10.2 Å². The number of carbonyl (C=O) groups excluding carboxylic acids is 1. The second-order valence-corrected chi connectivity index (χ2v) is 9.74. The van der Waals surface area contributed by atoms with Crippen molar-refractivity contribution in [3.8, 4) is 0 Å². The Bertz CT molecular complexity index is 1050. The number of hydrogen-bond acceptors (Lipinski definition) is 7. The molecule has 3 N–H and O–H groups in total. The maximum atomic E-state index is 12.2. The maximum Gasteiger partial charge on any atom is 0.230 e. The van der Waals surface area contributed by atoms with Crippen LogP contribution < -0.4 is 11.1 Å². The third-order valence-electron chi connectivity index (χ3n) is 5.50. The molecular formula is C22H26N4O2S2. The first-order valence-corrected chi connectivity index (χ1v) is 11.9. The van der Waals surface area contributed by atoms with Crippen molar-refractivity contribution >= 4 is 45.0 Å². The van der Waals surface area contributed by atoms with Gasteiger partial charge in [0.1, 0.15) is 10.6 Å². The number of thiophene rings is 1. The predicted molar refractivity (Wildman–Crippen MR) is 123 cm³/mol. The van der Waals surface area contributed by atoms with Gasteiger partial charge in [0.25, 0.3) is 0 Å². The van der Waals surface area contributed by atoms with E-state index in [1.54, 1.807) is 11.3 Å². The molecule has 1 aliphatic heterocycles. The minimum absolute atomic E-state index is 0.0317. The first-order valence-electron chi connectivity index (χ1n) is 10.1. The van der Waals surface area contributed by atoms with E-state index in [9.17, 15) is 4.79 Å². The standard InChI is InChI=1S/C22H26N4O2S2/c1-3-22(2)11-15-16(12-28-22)30-20-18(15)19(23)25-21(26-20)29-13-17(27)24-10-9-14-7-5-4-6-8-14/h4-8H,3,9-13H2,1-2H3,(H,24,27)(H2,23,25,26)/t22-/m0/s1. The summed E-state index contributed by atoms with van der Waals surface area (Å²) in [6.07, 6.45) is 2.58. The van der Waals surface area contributed by atoms with Crippen molar-refractivity contribution in [2.75, 3.05) is 18.0 Å². The van der Waals surface area contributed by atoms with Gasteiger partial charge in [-0.15, -0.1) is 11.3 Å². The number of aromatic nitrogens is 2. The number of nitrogen functional groups attached to an aromatic ring is 1. The Balaban J connectivity index is 1.39. The van der Waals surface area contributed by atoms with Crippen LogP contribution in [0.3, 0.4) is 0 Å². The molecule has 8 heteroatoms. The molecule has 1 aliphatic rings. The van der Waals surface area contributed by atoms with Crippen LogP contribution >= 0.6 is 23.1 Å². The van der Waals surface area contributed by atoms with E-state index in [2.05, 4.69) is 41.3 Å². The number of fused-ring (bicyclic) bond motifs is 3. The number of hydrogen-bond donors (Lipinski definition) is 2. The van der Waals surface area contributed by atoms with Gasteiger partial charge in [-0.05, 0) is 30.9 Å². The molecule has 0 radical (unpaired) electrons. The predicted octanol–water partition coefficient (Wildman–Crippen LogP) is 3.97. The van der Waals surface area contributed by atoms with E-state index < -0.39 is 0 Å². The number of nitrogens with one attached hydrogen (secondary N) is 1. The van der Waals surface area contributed by atoms with Crippen molar-refractivity contribution in [1.82, 2.24) is 15.3 Å². The normalized spacial score (nSPS) is 18.3. The molecule has 0 bridgehead atoms. The Morgan fingerprint density at radius 2 is 2.13 bits per heavy atom. The van der Waals surface area contributed by atoms with Crippen LogP contribution in [-0.2, 0) is 29.0 Å². The molecule has 0 saturated carbocycles. The topological polar surface area (TPSA) is 90.1 Å². The summed E-state index contributed by atoms with van der Waals surface area (Å²) in [5.41, 5.74) is 8.57. The average Bonchev–Trinajstić information content (AvgIpc) is 3.11. The van der Waals surface area contributed by atoms with Gasteiger partial charge in [-0.25, -0.2) is 9.97 Å². The smallest absolute Gasteiger partial charge is 0.230 e. The Morgan fingerprint density at radius 1 is 1.33 bits per heavy atom. The second kappa shape index (κ2) is 8.91. The van der Waals surface area contributed by atoms with Gasteiger partial charge in [0, 0.05) is 17.8 Å². The van der Waals surface area contributed by atoms with Crippen LogP contribution in [0, 0.1) is 0 Å². The molecule has 30 heavy (non-hydrogen) atoms. The van der Waals surface area contributed by atoms with Gasteiger partial charge in [-0.2, -0.15) is 0 Å². The summed E-state index contributed by atoms with van der Waals surface area (Å²) in [5, 5.41) is 4.44. The Kier molecular flexibility index (Phi) is 6.26. The maximum absolute atomic E-state index is 12.2. The third kappa shape index (κ3) is 4.61. The summed E-state index contributed by atoms with van der Waals surface area (Å²) < 4.78 is 6.05. The zero-order valence-electron chi connectivity index (χ0n) is 17.2. The Hall–Kier alpha value is -2.16. The summed E-state index contributed by atoms with van der Waals surface area (Å²) in [4.78, 5) is 23.4. The Labute approximate surface area is 184 Å². The molecule has 4 rings (SSSR count). The highest BCUT2D eigenvalue weighted by Gasteiger charge is 2.33. The van der Waals surface area contributed by atoms with E-state index in [1.165, 1.54) is 27.8 Å². The quantitative estimate of drug-likeness (QED) is 0.425. The molecule has 1 amide bonds. The van der Waals surface area contributed by atoms with Crippen LogP contribution in [0.15, 0.2) is 35.5 Å². The monoisotopic (exact) mass is 442 g/mol. The van der Waals surface area contributed by atoms with E-state index >= 15 is 0 Å². The van der Waals surface area contributed by atoms with Crippen molar-refractivity contribution < 1.29 is 9.53 Å². The number of anilines is 1. The lowest BCUT2D eigenvalue weighted by Gasteiger charge is -2.33. The van der Waals surface area contributed by atoms with Crippen LogP contribution in [0.1, 0.15) is 36.3 Å². The highest BCUT2D eigenvalue weighted by Crippen LogP contribution is 2.41. The molecule has 3 heterocycles. The molecule has 0 spiro atoms. The van der Waals surface area contributed by atoms with Gasteiger partial charge >= 0.3 is 0 Å². The minimum Gasteiger partial charge on any atom is -0.383 e. The number of carbonyl (C=O) groups is 1. The fourth-order valence-electron chi connectivity index (χ4n) is 3.54. The first kappa shape index (κ1) is 21.1. The summed E-state index contributed by atoms with van der Waals surface area (Å²) in [6.45, 7) is 5.47. The highest BCUT2D eigenvalue weighted by molar-refractivity contribution is 7.99. The van der Waals surface area contributed by atoms with Gasteiger partial charge in [-0.1, -0.05) is 49.0 Å². The van der Waals surface area contributed by atoms with Gasteiger partial charge < -0.3 is 15.8 Å². The molecule has 0 fully saturated rings. The minimum atomic E-state index is -0.168. The molecule has 1 atom stereocenters. The summed E-state index contributed by atoms with van der Waals surface area (Å²) >= 11 is 2.93. The number of nitrogens with zero attached hydrogens (tertiary/aromatic N) is 2. The van der Waals surface area contributed by atoms with E-state index in [1.807, 2.05) is 18.2 Å². The number of benzene rings is 1. The Morgan fingerprint density at radius 3 is 2.90 bits per heavy atom. The number of rotatable bonds is 7. The summed E-state index contributed by atoms with van der Waals surface area (Å²) in [6, 6.07) is 10.1. The lowest BCUT2D eigenvalue weighted by atomic mass is 9.90. The van der Waals surface area contributed by atoms with Crippen molar-refractivity contribution in [2.24, 2.45) is 0 Å². The van der Waals surface area contributed by atoms with Crippen LogP contribution in [-0.4, -0.2) is 33.8 Å². The third-order valence-corrected chi connectivity index (χ3v) is 7.45. The lowest BCUT2D eigenvalue weighted by molar-refractivity contribution is -0.118. The van der Waals surface area contributed by atoms with Gasteiger partial charge in [0.15, 0.2) is 5.16 Å². The summed E-state index contributed by atoms with van der Waals surface area (Å²) in [5.74, 6) is 0.725. The molecule has 2 aromatic heterocycles. The molecule has 0 unspecified atom stereocenters. The van der Waals surface area contributed by atoms with Gasteiger partial charge in [-0.3, -0.25) is 4.79 Å². The number of amides is 1. The van der Waals surface area contributed by atoms with Crippen LogP contribution in [0.2, 0.25) is 0 Å². The van der Waals surface area contributed by atoms with E-state index in [0.717, 1.165) is 29.5 Å². The molecular weight excluding hydrogens is 416 g/mol. The zero-order valence-corrected chi connectivity index (χ0v) is 18.9. The van der Waals surface area contributed by atoms with Crippen molar-refractivity contribution in [1.29, 1.82) is 0 Å². The van der Waals surface area contributed by atoms with E-state index in [4.69, 9.17) is 10.5 Å².